The van der Waals surface area contributed by atoms with Gasteiger partial charge in [-0.2, -0.15) is 0 Å². The molecule has 0 radical (unpaired) electrons. The number of aryl methyl sites for hydroxylation is 2. The molecule has 2 aromatic rings. The number of piperazine rings is 1. The number of thioether (sulfide) groups is 1. The first-order valence-electron chi connectivity index (χ1n) is 7.76. The summed E-state index contributed by atoms with van der Waals surface area (Å²) < 4.78 is 0. The van der Waals surface area contributed by atoms with Gasteiger partial charge < -0.3 is 9.80 Å². The first kappa shape index (κ1) is 16.0. The Labute approximate surface area is 141 Å². The summed E-state index contributed by atoms with van der Waals surface area (Å²) in [5.74, 6) is 2.08. The lowest BCUT2D eigenvalue weighted by molar-refractivity contribution is 0.634. The van der Waals surface area contributed by atoms with Gasteiger partial charge in [-0.05, 0) is 27.0 Å². The van der Waals surface area contributed by atoms with E-state index in [1.54, 1.807) is 18.1 Å². The number of rotatable bonds is 3. The van der Waals surface area contributed by atoms with Crippen molar-refractivity contribution in [3.05, 3.63) is 29.3 Å². The number of hydrogen-bond acceptors (Lipinski definition) is 7. The Hall–Kier alpha value is -1.89. The van der Waals surface area contributed by atoms with Gasteiger partial charge in [0, 0.05) is 49.2 Å². The highest BCUT2D eigenvalue weighted by atomic mass is 32.2. The molecule has 1 aliphatic heterocycles. The molecule has 1 saturated heterocycles. The molecule has 0 spiro atoms. The van der Waals surface area contributed by atoms with E-state index in [9.17, 15) is 0 Å². The zero-order chi connectivity index (χ0) is 16.4. The monoisotopic (exact) mass is 330 g/mol. The maximum absolute atomic E-state index is 4.72. The molecular formula is C16H22N6S. The minimum Gasteiger partial charge on any atom is -0.353 e. The molecule has 1 fully saturated rings. The summed E-state index contributed by atoms with van der Waals surface area (Å²) in [5, 5.41) is 0.844. The number of hydrogen-bond donors (Lipinski definition) is 0. The molecule has 6 nitrogen and oxygen atoms in total. The van der Waals surface area contributed by atoms with Crippen LogP contribution >= 0.6 is 11.8 Å². The van der Waals surface area contributed by atoms with E-state index in [0.717, 1.165) is 54.4 Å². The van der Waals surface area contributed by atoms with Crippen LogP contribution in [0.25, 0.3) is 0 Å². The van der Waals surface area contributed by atoms with Crippen LogP contribution < -0.4 is 9.80 Å². The number of aromatic nitrogens is 4. The van der Waals surface area contributed by atoms with Crippen molar-refractivity contribution in [3.63, 3.8) is 0 Å². The summed E-state index contributed by atoms with van der Waals surface area (Å²) >= 11 is 1.59. The van der Waals surface area contributed by atoms with Crippen LogP contribution in [0.5, 0.6) is 0 Å². The quantitative estimate of drug-likeness (QED) is 0.632. The second-order valence-electron chi connectivity index (χ2n) is 5.74. The van der Waals surface area contributed by atoms with Gasteiger partial charge >= 0.3 is 0 Å². The first-order chi connectivity index (χ1) is 11.1. The van der Waals surface area contributed by atoms with Gasteiger partial charge in [0.1, 0.15) is 18.0 Å². The van der Waals surface area contributed by atoms with Gasteiger partial charge in [0.15, 0.2) is 5.16 Å². The van der Waals surface area contributed by atoms with Gasteiger partial charge in [0.25, 0.3) is 0 Å². The van der Waals surface area contributed by atoms with Crippen molar-refractivity contribution >= 4 is 23.4 Å². The fourth-order valence-corrected chi connectivity index (χ4v) is 3.15. The summed E-state index contributed by atoms with van der Waals surface area (Å²) in [6.45, 7) is 9.91. The van der Waals surface area contributed by atoms with Crippen molar-refractivity contribution in [1.82, 2.24) is 19.9 Å². The topological polar surface area (TPSA) is 58.0 Å². The normalized spacial score (nSPS) is 15.1. The van der Waals surface area contributed by atoms with Crippen LogP contribution in [0.1, 0.15) is 17.0 Å². The largest absolute Gasteiger partial charge is 0.353 e. The maximum atomic E-state index is 4.72. The van der Waals surface area contributed by atoms with Gasteiger partial charge in [0.05, 0.1) is 0 Å². The van der Waals surface area contributed by atoms with Gasteiger partial charge in [-0.1, -0.05) is 11.8 Å². The summed E-state index contributed by atoms with van der Waals surface area (Å²) in [7, 11) is 0. The highest BCUT2D eigenvalue weighted by Crippen LogP contribution is 2.24. The average molecular weight is 330 g/mol. The van der Waals surface area contributed by atoms with E-state index in [2.05, 4.69) is 38.6 Å². The lowest BCUT2D eigenvalue weighted by atomic mass is 10.2. The third-order valence-electron chi connectivity index (χ3n) is 4.22. The minimum atomic E-state index is 0.844. The van der Waals surface area contributed by atoms with Crippen molar-refractivity contribution in [2.45, 2.75) is 25.9 Å². The molecule has 0 aliphatic carbocycles. The fraction of sp³-hybridized carbons (Fsp3) is 0.500. The molecule has 0 bridgehead atoms. The molecule has 0 saturated carbocycles. The second kappa shape index (κ2) is 6.70. The standard InChI is InChI=1S/C16H22N6S/c1-11-9-14(18-10-17-11)21-5-7-22(8-6-21)15-12(2)13(3)19-16(20-15)23-4/h9-10H,5-8H2,1-4H3. The lowest BCUT2D eigenvalue weighted by Gasteiger charge is -2.36. The first-order valence-corrected chi connectivity index (χ1v) is 8.98. The maximum Gasteiger partial charge on any atom is 0.189 e. The van der Waals surface area contributed by atoms with E-state index in [-0.39, 0.29) is 0 Å². The van der Waals surface area contributed by atoms with Crippen LogP contribution in [0, 0.1) is 20.8 Å². The molecule has 0 atom stereocenters. The zero-order valence-electron chi connectivity index (χ0n) is 14.1. The summed E-state index contributed by atoms with van der Waals surface area (Å²) in [4.78, 5) is 22.5. The predicted octanol–water partition coefficient (Wildman–Crippen LogP) is 2.24. The molecule has 0 N–H and O–H groups in total. The van der Waals surface area contributed by atoms with Crippen molar-refractivity contribution in [1.29, 1.82) is 0 Å². The van der Waals surface area contributed by atoms with Crippen molar-refractivity contribution in [2.24, 2.45) is 0 Å². The van der Waals surface area contributed by atoms with E-state index in [1.807, 2.05) is 19.2 Å². The predicted molar refractivity (Wildman–Crippen MR) is 94.5 cm³/mol. The van der Waals surface area contributed by atoms with E-state index >= 15 is 0 Å². The third-order valence-corrected chi connectivity index (χ3v) is 4.77. The van der Waals surface area contributed by atoms with Crippen LogP contribution in [0.4, 0.5) is 11.6 Å². The van der Waals surface area contributed by atoms with Crippen molar-refractivity contribution in [3.8, 4) is 0 Å². The molecule has 1 aliphatic rings. The van der Waals surface area contributed by atoms with E-state index in [1.165, 1.54) is 5.56 Å². The Morgan fingerprint density at radius 2 is 1.65 bits per heavy atom. The van der Waals surface area contributed by atoms with E-state index < -0.39 is 0 Å². The Balaban J connectivity index is 1.75. The van der Waals surface area contributed by atoms with E-state index in [0.29, 0.717) is 0 Å². The molecule has 7 heteroatoms. The fourth-order valence-electron chi connectivity index (χ4n) is 2.75. The van der Waals surface area contributed by atoms with Crippen LogP contribution in [-0.2, 0) is 0 Å². The SMILES string of the molecule is CSc1nc(C)c(C)c(N2CCN(c3cc(C)ncn3)CC2)n1. The molecule has 3 rings (SSSR count). The third kappa shape index (κ3) is 3.39. The number of anilines is 2. The number of nitrogens with zero attached hydrogens (tertiary/aromatic N) is 6. The van der Waals surface area contributed by atoms with Gasteiger partial charge in [-0.25, -0.2) is 19.9 Å². The molecule has 23 heavy (non-hydrogen) atoms. The summed E-state index contributed by atoms with van der Waals surface area (Å²) in [6.07, 6.45) is 3.66. The molecular weight excluding hydrogens is 308 g/mol. The average Bonchev–Trinajstić information content (AvgIpc) is 2.57. The van der Waals surface area contributed by atoms with Crippen molar-refractivity contribution < 1.29 is 0 Å². The van der Waals surface area contributed by atoms with E-state index in [4.69, 9.17) is 4.98 Å². The Bertz CT molecular complexity index is 697. The lowest BCUT2D eigenvalue weighted by Crippen LogP contribution is -2.47. The highest BCUT2D eigenvalue weighted by molar-refractivity contribution is 7.98. The summed E-state index contributed by atoms with van der Waals surface area (Å²) in [6, 6.07) is 2.04. The zero-order valence-corrected chi connectivity index (χ0v) is 14.9. The second-order valence-corrected chi connectivity index (χ2v) is 6.51. The van der Waals surface area contributed by atoms with Crippen LogP contribution in [0.3, 0.4) is 0 Å². The van der Waals surface area contributed by atoms with Gasteiger partial charge in [-0.15, -0.1) is 0 Å². The van der Waals surface area contributed by atoms with Crippen molar-refractivity contribution in [2.75, 3.05) is 42.2 Å². The van der Waals surface area contributed by atoms with Crippen LogP contribution in [0.15, 0.2) is 17.6 Å². The van der Waals surface area contributed by atoms with Gasteiger partial charge in [0.2, 0.25) is 0 Å². The molecule has 122 valence electrons. The molecule has 0 amide bonds. The summed E-state index contributed by atoms with van der Waals surface area (Å²) in [5.41, 5.74) is 3.24. The molecule has 2 aromatic heterocycles. The molecule has 0 aromatic carbocycles. The smallest absolute Gasteiger partial charge is 0.189 e. The Morgan fingerprint density at radius 1 is 0.957 bits per heavy atom. The van der Waals surface area contributed by atoms with Crippen LogP contribution in [0.2, 0.25) is 0 Å². The molecule has 3 heterocycles. The minimum absolute atomic E-state index is 0.844. The van der Waals surface area contributed by atoms with Crippen LogP contribution in [-0.4, -0.2) is 52.4 Å². The Morgan fingerprint density at radius 3 is 2.30 bits per heavy atom. The van der Waals surface area contributed by atoms with Gasteiger partial charge in [-0.3, -0.25) is 0 Å². The molecule has 0 unspecified atom stereocenters. The Kier molecular flexibility index (Phi) is 4.66. The highest BCUT2D eigenvalue weighted by Gasteiger charge is 2.22.